The van der Waals surface area contributed by atoms with Crippen LogP contribution in [0.2, 0.25) is 0 Å². The zero-order valence-electron chi connectivity index (χ0n) is 20.3. The van der Waals surface area contributed by atoms with E-state index >= 15 is 0 Å². The minimum Gasteiger partial charge on any atom is -0.480 e. The molecule has 0 radical (unpaired) electrons. The van der Waals surface area contributed by atoms with Crippen molar-refractivity contribution >= 4 is 24.1 Å². The monoisotopic (exact) mass is 542 g/mol. The highest BCUT2D eigenvalue weighted by molar-refractivity contribution is 5.85. The maximum Gasteiger partial charge on any atom is 0.418 e. The summed E-state index contributed by atoms with van der Waals surface area (Å²) in [6.07, 6.45) is -1.93. The van der Waals surface area contributed by atoms with Gasteiger partial charge in [-0.3, -0.25) is 9.69 Å². The van der Waals surface area contributed by atoms with E-state index in [0.717, 1.165) is 25.3 Å². The molecule has 2 aromatic carbocycles. The van der Waals surface area contributed by atoms with Crippen LogP contribution in [-0.4, -0.2) is 52.3 Å². The number of likely N-dealkylation sites (N-methyl/N-ethyl adjacent to an activating group) is 1. The van der Waals surface area contributed by atoms with Gasteiger partial charge in [0.25, 0.3) is 5.89 Å². The van der Waals surface area contributed by atoms with Gasteiger partial charge in [-0.25, -0.2) is 4.39 Å². The van der Waals surface area contributed by atoms with Crippen LogP contribution in [0.1, 0.15) is 37.3 Å². The third-order valence-electron chi connectivity index (χ3n) is 6.16. The fourth-order valence-electron chi connectivity index (χ4n) is 4.53. The van der Waals surface area contributed by atoms with Crippen molar-refractivity contribution in [2.45, 2.75) is 44.9 Å². The standard InChI is InChI=1S/C25H26F4N4O3.ClH/c1-15-5-3-4-8-33(15)21-7-6-17(12-20(21)25(27,28)29)24-30-23(31-36-24)18-9-16(10-19(26)11-18)13-32(2)14-22(34)35;/h6-7,9-12,15H,3-5,8,13-14H2,1-2H3,(H,34,35);1H. The van der Waals surface area contributed by atoms with E-state index in [9.17, 15) is 22.4 Å². The zero-order chi connectivity index (χ0) is 26.0. The highest BCUT2D eigenvalue weighted by atomic mass is 35.5. The lowest BCUT2D eigenvalue weighted by Crippen LogP contribution is -2.38. The van der Waals surface area contributed by atoms with Crippen LogP contribution in [0.3, 0.4) is 0 Å². The highest BCUT2D eigenvalue weighted by Crippen LogP contribution is 2.41. The van der Waals surface area contributed by atoms with Gasteiger partial charge >= 0.3 is 12.1 Å². The zero-order valence-corrected chi connectivity index (χ0v) is 21.1. The Morgan fingerprint density at radius 2 is 1.95 bits per heavy atom. The molecule has 0 amide bonds. The van der Waals surface area contributed by atoms with Crippen molar-refractivity contribution < 1.29 is 32.0 Å². The summed E-state index contributed by atoms with van der Waals surface area (Å²) in [4.78, 5) is 18.4. The van der Waals surface area contributed by atoms with E-state index in [1.165, 1.54) is 29.2 Å². The normalized spacial score (nSPS) is 16.1. The number of carbonyl (C=O) groups is 1. The van der Waals surface area contributed by atoms with Gasteiger partial charge in [0.1, 0.15) is 5.82 Å². The van der Waals surface area contributed by atoms with E-state index in [4.69, 9.17) is 9.63 Å². The van der Waals surface area contributed by atoms with Crippen LogP contribution in [0.4, 0.5) is 23.2 Å². The lowest BCUT2D eigenvalue weighted by molar-refractivity contribution is -0.138. The summed E-state index contributed by atoms with van der Waals surface area (Å²) in [7, 11) is 1.58. The molecule has 1 atom stereocenters. The Balaban J connectivity index is 0.00000380. The van der Waals surface area contributed by atoms with Gasteiger partial charge in [-0.2, -0.15) is 18.2 Å². The van der Waals surface area contributed by atoms with Crippen LogP contribution < -0.4 is 4.90 Å². The summed E-state index contributed by atoms with van der Waals surface area (Å²) < 4.78 is 61.5. The topological polar surface area (TPSA) is 82.7 Å². The Hall–Kier alpha value is -3.18. The van der Waals surface area contributed by atoms with Crippen LogP contribution in [0.15, 0.2) is 40.9 Å². The third kappa shape index (κ3) is 6.78. The molecule has 12 heteroatoms. The molecule has 0 bridgehead atoms. The first-order valence-corrected chi connectivity index (χ1v) is 11.5. The van der Waals surface area contributed by atoms with Crippen molar-refractivity contribution in [2.24, 2.45) is 0 Å². The summed E-state index contributed by atoms with van der Waals surface area (Å²) >= 11 is 0. The molecule has 2 heterocycles. The van der Waals surface area contributed by atoms with Gasteiger partial charge in [-0.05, 0) is 75.2 Å². The molecule has 1 N–H and O–H groups in total. The highest BCUT2D eigenvalue weighted by Gasteiger charge is 2.37. The van der Waals surface area contributed by atoms with Crippen LogP contribution in [0, 0.1) is 5.82 Å². The summed E-state index contributed by atoms with van der Waals surface area (Å²) in [5.74, 6) is -1.72. The minimum atomic E-state index is -4.58. The first kappa shape index (κ1) is 28.4. The van der Waals surface area contributed by atoms with Crippen LogP contribution in [-0.2, 0) is 17.5 Å². The number of benzene rings is 2. The predicted molar refractivity (Wildman–Crippen MR) is 132 cm³/mol. The fourth-order valence-corrected chi connectivity index (χ4v) is 4.53. The van der Waals surface area contributed by atoms with Crippen LogP contribution in [0.25, 0.3) is 22.8 Å². The molecule has 1 aromatic heterocycles. The molecule has 1 aliphatic rings. The van der Waals surface area contributed by atoms with Crippen molar-refractivity contribution in [1.29, 1.82) is 0 Å². The third-order valence-corrected chi connectivity index (χ3v) is 6.16. The SMILES string of the molecule is CC1CCCCN1c1ccc(-c2nc(-c3cc(F)cc(CN(C)CC(=O)O)c3)no2)cc1C(F)(F)F.Cl. The number of halogens is 5. The molecule has 7 nitrogen and oxygen atoms in total. The molecule has 0 aliphatic carbocycles. The molecule has 4 rings (SSSR count). The van der Waals surface area contributed by atoms with Gasteiger partial charge in [-0.1, -0.05) is 5.16 Å². The number of carboxylic acids is 1. The number of hydrogen-bond acceptors (Lipinski definition) is 6. The molecule has 1 saturated heterocycles. The second-order valence-electron chi connectivity index (χ2n) is 9.11. The largest absolute Gasteiger partial charge is 0.480 e. The lowest BCUT2D eigenvalue weighted by Gasteiger charge is -2.37. The number of piperidine rings is 1. The number of aromatic nitrogens is 2. The molecular formula is C25H27ClF4N4O3. The van der Waals surface area contributed by atoms with E-state index < -0.39 is 23.5 Å². The smallest absolute Gasteiger partial charge is 0.418 e. The summed E-state index contributed by atoms with van der Waals surface area (Å²) in [6, 6.07) is 7.97. The summed E-state index contributed by atoms with van der Waals surface area (Å²) in [6.45, 7) is 2.40. The average Bonchev–Trinajstić information content (AvgIpc) is 3.28. The Kier molecular flexibility index (Phi) is 8.80. The molecule has 1 unspecified atom stereocenters. The maximum absolute atomic E-state index is 14.2. The van der Waals surface area contributed by atoms with Gasteiger partial charge in [-0.15, -0.1) is 12.4 Å². The van der Waals surface area contributed by atoms with Crippen LogP contribution in [0.5, 0.6) is 0 Å². The van der Waals surface area contributed by atoms with Crippen molar-refractivity contribution in [3.63, 3.8) is 0 Å². The molecule has 1 aliphatic heterocycles. The number of carboxylic acid groups (broad SMARTS) is 1. The fraction of sp³-hybridized carbons (Fsp3) is 0.400. The number of rotatable bonds is 7. The summed E-state index contributed by atoms with van der Waals surface area (Å²) in [5.41, 5.74) is 0.201. The van der Waals surface area contributed by atoms with Crippen molar-refractivity contribution in [2.75, 3.05) is 25.0 Å². The van der Waals surface area contributed by atoms with Gasteiger partial charge in [0.05, 0.1) is 12.1 Å². The quantitative estimate of drug-likeness (QED) is 0.373. The number of anilines is 1. The molecule has 1 fully saturated rings. The van der Waals surface area contributed by atoms with E-state index in [1.807, 2.05) is 6.92 Å². The Morgan fingerprint density at radius 3 is 2.62 bits per heavy atom. The Bertz CT molecular complexity index is 1250. The summed E-state index contributed by atoms with van der Waals surface area (Å²) in [5, 5.41) is 12.7. The van der Waals surface area contributed by atoms with E-state index in [2.05, 4.69) is 10.1 Å². The van der Waals surface area contributed by atoms with Crippen molar-refractivity contribution in [3.05, 3.63) is 53.3 Å². The van der Waals surface area contributed by atoms with Crippen molar-refractivity contribution in [1.82, 2.24) is 15.0 Å². The van der Waals surface area contributed by atoms with Gasteiger partial charge in [0.15, 0.2) is 0 Å². The Labute approximate surface area is 217 Å². The molecule has 200 valence electrons. The molecule has 0 spiro atoms. The number of alkyl halides is 3. The Morgan fingerprint density at radius 1 is 1.19 bits per heavy atom. The van der Waals surface area contributed by atoms with Gasteiger partial charge < -0.3 is 14.5 Å². The first-order chi connectivity index (χ1) is 17.0. The maximum atomic E-state index is 14.2. The first-order valence-electron chi connectivity index (χ1n) is 11.5. The predicted octanol–water partition coefficient (Wildman–Crippen LogP) is 5.88. The van der Waals surface area contributed by atoms with E-state index in [0.29, 0.717) is 12.1 Å². The van der Waals surface area contributed by atoms with Gasteiger partial charge in [0.2, 0.25) is 5.82 Å². The van der Waals surface area contributed by atoms with Crippen LogP contribution >= 0.6 is 12.4 Å². The number of aliphatic carboxylic acids is 1. The number of hydrogen-bond donors (Lipinski definition) is 1. The second-order valence-corrected chi connectivity index (χ2v) is 9.11. The lowest BCUT2D eigenvalue weighted by atomic mass is 9.99. The van der Waals surface area contributed by atoms with Crippen molar-refractivity contribution in [3.8, 4) is 22.8 Å². The average molecular weight is 543 g/mol. The van der Waals surface area contributed by atoms with E-state index in [1.54, 1.807) is 18.0 Å². The van der Waals surface area contributed by atoms with E-state index in [-0.39, 0.29) is 60.1 Å². The van der Waals surface area contributed by atoms with Gasteiger partial charge in [0, 0.05) is 35.9 Å². The molecule has 37 heavy (non-hydrogen) atoms. The number of nitrogens with zero attached hydrogens (tertiary/aromatic N) is 4. The minimum absolute atomic E-state index is 0. The molecule has 0 saturated carbocycles. The second kappa shape index (κ2) is 11.5. The molecular weight excluding hydrogens is 516 g/mol. The molecule has 3 aromatic rings.